The molecule has 0 unspecified atom stereocenters. The van der Waals surface area contributed by atoms with Gasteiger partial charge in [0.05, 0.1) is 4.90 Å². The summed E-state index contributed by atoms with van der Waals surface area (Å²) >= 11 is 0. The van der Waals surface area contributed by atoms with Crippen LogP contribution in [0.1, 0.15) is 44.1 Å². The smallest absolute Gasteiger partial charge is 0.263 e. The van der Waals surface area contributed by atoms with Crippen molar-refractivity contribution in [2.75, 3.05) is 13.1 Å². The first-order valence-corrected chi connectivity index (χ1v) is 10.5. The number of amidine groups is 1. The van der Waals surface area contributed by atoms with Crippen molar-refractivity contribution in [2.45, 2.75) is 49.5 Å². The molecule has 134 valence electrons. The maximum atomic E-state index is 12.7. The minimum absolute atomic E-state index is 0.00456. The fraction of sp³-hybridized carbons (Fsp3) is 0.556. The topological polar surface area (TPSA) is 78.8 Å². The number of piperidine rings is 1. The second-order valence-corrected chi connectivity index (χ2v) is 8.76. The van der Waals surface area contributed by atoms with Gasteiger partial charge in [-0.05, 0) is 43.7 Å². The molecule has 25 heavy (non-hydrogen) atoms. The van der Waals surface area contributed by atoms with Crippen LogP contribution < -0.4 is 4.72 Å². The van der Waals surface area contributed by atoms with Crippen LogP contribution in [0.4, 0.5) is 0 Å². The van der Waals surface area contributed by atoms with E-state index in [4.69, 9.17) is 0 Å². The molecule has 1 saturated carbocycles. The highest BCUT2D eigenvalue weighted by molar-refractivity contribution is 7.90. The van der Waals surface area contributed by atoms with Crippen molar-refractivity contribution in [3.63, 3.8) is 0 Å². The summed E-state index contributed by atoms with van der Waals surface area (Å²) in [5.41, 5.74) is 0.546. The number of nitrogens with one attached hydrogen (secondary N) is 1. The highest BCUT2D eigenvalue weighted by Gasteiger charge is 2.36. The number of carbonyl (C=O) groups is 1. The SMILES string of the molecule is O=C(CN=C1NS(=O)(=O)c2ccccc21)N1CCC[C@@H]2CCCC[C@H]21. The molecule has 3 aliphatic rings. The third-order valence-electron chi connectivity index (χ3n) is 5.60. The van der Waals surface area contributed by atoms with Crippen LogP contribution in [-0.4, -0.2) is 44.2 Å². The van der Waals surface area contributed by atoms with E-state index in [-0.39, 0.29) is 23.2 Å². The van der Waals surface area contributed by atoms with Gasteiger partial charge >= 0.3 is 0 Å². The largest absolute Gasteiger partial charge is 0.338 e. The number of amides is 1. The summed E-state index contributed by atoms with van der Waals surface area (Å²) in [5.74, 6) is 0.915. The normalized spacial score (nSPS) is 29.0. The molecule has 7 heteroatoms. The summed E-state index contributed by atoms with van der Waals surface area (Å²) in [5, 5.41) is 0. The van der Waals surface area contributed by atoms with Crippen LogP contribution in [0.25, 0.3) is 0 Å². The van der Waals surface area contributed by atoms with Crippen LogP contribution >= 0.6 is 0 Å². The van der Waals surface area contributed by atoms with Gasteiger partial charge in [-0.15, -0.1) is 0 Å². The first-order valence-electron chi connectivity index (χ1n) is 9.02. The molecule has 1 N–H and O–H groups in total. The Kier molecular flexibility index (Phi) is 4.27. The molecule has 0 spiro atoms. The Labute approximate surface area is 148 Å². The molecule has 1 amide bonds. The first-order chi connectivity index (χ1) is 12.1. The molecule has 0 radical (unpaired) electrons. The number of hydrogen-bond acceptors (Lipinski definition) is 4. The van der Waals surface area contributed by atoms with Crippen LogP contribution in [0.5, 0.6) is 0 Å². The third-order valence-corrected chi connectivity index (χ3v) is 7.00. The van der Waals surface area contributed by atoms with Crippen molar-refractivity contribution >= 4 is 21.8 Å². The zero-order valence-corrected chi connectivity index (χ0v) is 15.0. The van der Waals surface area contributed by atoms with Crippen molar-refractivity contribution in [1.29, 1.82) is 0 Å². The zero-order chi connectivity index (χ0) is 17.4. The van der Waals surface area contributed by atoms with Gasteiger partial charge < -0.3 is 4.90 Å². The lowest BCUT2D eigenvalue weighted by atomic mass is 9.78. The summed E-state index contributed by atoms with van der Waals surface area (Å²) in [6, 6.07) is 7.08. The molecule has 2 fully saturated rings. The maximum absolute atomic E-state index is 12.7. The van der Waals surface area contributed by atoms with E-state index in [1.54, 1.807) is 24.3 Å². The summed E-state index contributed by atoms with van der Waals surface area (Å²) in [6.07, 6.45) is 7.03. The highest BCUT2D eigenvalue weighted by Crippen LogP contribution is 2.35. The number of sulfonamides is 1. The molecule has 1 aromatic carbocycles. The van der Waals surface area contributed by atoms with E-state index in [1.807, 2.05) is 4.90 Å². The highest BCUT2D eigenvalue weighted by atomic mass is 32.2. The van der Waals surface area contributed by atoms with Crippen LogP contribution in [-0.2, 0) is 14.8 Å². The Morgan fingerprint density at radius 3 is 2.80 bits per heavy atom. The average Bonchev–Trinajstić information content (AvgIpc) is 2.90. The van der Waals surface area contributed by atoms with Crippen LogP contribution in [0.2, 0.25) is 0 Å². The summed E-state index contributed by atoms with van der Waals surface area (Å²) in [6.45, 7) is 0.794. The molecule has 1 saturated heterocycles. The Morgan fingerprint density at radius 1 is 1.16 bits per heavy atom. The number of likely N-dealkylation sites (tertiary alicyclic amines) is 1. The molecule has 2 atom stereocenters. The second-order valence-electron chi connectivity index (χ2n) is 7.11. The Hall–Kier alpha value is -1.89. The van der Waals surface area contributed by atoms with Gasteiger partial charge in [-0.3, -0.25) is 14.5 Å². The van der Waals surface area contributed by atoms with E-state index in [0.29, 0.717) is 17.5 Å². The summed E-state index contributed by atoms with van der Waals surface area (Å²) < 4.78 is 26.7. The van der Waals surface area contributed by atoms with E-state index < -0.39 is 10.0 Å². The van der Waals surface area contributed by atoms with E-state index in [9.17, 15) is 13.2 Å². The molecular weight excluding hydrogens is 338 g/mol. The molecule has 0 bridgehead atoms. The van der Waals surface area contributed by atoms with Crippen LogP contribution in [0.15, 0.2) is 34.2 Å². The number of benzene rings is 1. The number of nitrogens with zero attached hydrogens (tertiary/aromatic N) is 2. The first kappa shape index (κ1) is 16.6. The van der Waals surface area contributed by atoms with E-state index >= 15 is 0 Å². The van der Waals surface area contributed by atoms with Gasteiger partial charge in [0.2, 0.25) is 5.91 Å². The lowest BCUT2D eigenvalue weighted by Gasteiger charge is -2.44. The van der Waals surface area contributed by atoms with E-state index in [0.717, 1.165) is 19.4 Å². The molecular formula is C18H23N3O3S. The number of hydrogen-bond donors (Lipinski definition) is 1. The molecule has 1 aliphatic carbocycles. The number of rotatable bonds is 2. The summed E-state index contributed by atoms with van der Waals surface area (Å²) in [4.78, 5) is 19.3. The molecule has 2 heterocycles. The van der Waals surface area contributed by atoms with Gasteiger partial charge in [0.15, 0.2) is 0 Å². The molecule has 1 aromatic rings. The van der Waals surface area contributed by atoms with Crippen LogP contribution in [0.3, 0.4) is 0 Å². The van der Waals surface area contributed by atoms with Gasteiger partial charge in [0.25, 0.3) is 10.0 Å². The Morgan fingerprint density at radius 2 is 1.92 bits per heavy atom. The van der Waals surface area contributed by atoms with Gasteiger partial charge in [-0.1, -0.05) is 25.0 Å². The standard InChI is InChI=1S/C18H23N3O3S/c22-17(21-11-5-7-13-6-1-3-9-15(13)21)12-19-18-14-8-2-4-10-16(14)25(23,24)20-18/h2,4,8,10,13,15H,1,3,5-7,9,11-12H2,(H,19,20)/t13-,15+/m0/s1. The van der Waals surface area contributed by atoms with Crippen molar-refractivity contribution < 1.29 is 13.2 Å². The quantitative estimate of drug-likeness (QED) is 0.874. The predicted octanol–water partition coefficient (Wildman–Crippen LogP) is 1.91. The molecule has 2 aliphatic heterocycles. The average molecular weight is 361 g/mol. The number of fused-ring (bicyclic) bond motifs is 2. The second kappa shape index (κ2) is 6.44. The maximum Gasteiger partial charge on any atom is 0.263 e. The van der Waals surface area contributed by atoms with Crippen molar-refractivity contribution in [3.05, 3.63) is 29.8 Å². The van der Waals surface area contributed by atoms with E-state index in [1.165, 1.54) is 25.7 Å². The third kappa shape index (κ3) is 3.05. The monoisotopic (exact) mass is 361 g/mol. The van der Waals surface area contributed by atoms with Gasteiger partial charge in [-0.2, -0.15) is 0 Å². The summed E-state index contributed by atoms with van der Waals surface area (Å²) in [7, 11) is -3.55. The minimum Gasteiger partial charge on any atom is -0.338 e. The number of aliphatic imine (C=N–C) groups is 1. The fourth-order valence-corrected chi connectivity index (χ4v) is 5.67. The minimum atomic E-state index is -3.55. The molecule has 0 aromatic heterocycles. The molecule has 4 rings (SSSR count). The van der Waals surface area contributed by atoms with E-state index in [2.05, 4.69) is 9.71 Å². The van der Waals surface area contributed by atoms with Gasteiger partial charge in [0.1, 0.15) is 12.4 Å². The Balaban J connectivity index is 1.51. The zero-order valence-electron chi connectivity index (χ0n) is 14.1. The van der Waals surface area contributed by atoms with Crippen molar-refractivity contribution in [1.82, 2.24) is 9.62 Å². The number of carbonyl (C=O) groups excluding carboxylic acids is 1. The lowest BCUT2D eigenvalue weighted by Crippen LogP contribution is -2.50. The van der Waals surface area contributed by atoms with Crippen molar-refractivity contribution in [3.8, 4) is 0 Å². The van der Waals surface area contributed by atoms with Gasteiger partial charge in [0, 0.05) is 18.2 Å². The fourth-order valence-electron chi connectivity index (χ4n) is 4.42. The molecule has 6 nitrogen and oxygen atoms in total. The Bertz CT molecular complexity index is 817. The van der Waals surface area contributed by atoms with Crippen LogP contribution in [0, 0.1) is 5.92 Å². The lowest BCUT2D eigenvalue weighted by molar-refractivity contribution is -0.135. The van der Waals surface area contributed by atoms with Crippen molar-refractivity contribution in [2.24, 2.45) is 10.9 Å². The van der Waals surface area contributed by atoms with Gasteiger partial charge in [-0.25, -0.2) is 8.42 Å². The predicted molar refractivity (Wildman–Crippen MR) is 94.9 cm³/mol.